The maximum atomic E-state index is 6.53. The van der Waals surface area contributed by atoms with Gasteiger partial charge in [0.25, 0.3) is 0 Å². The summed E-state index contributed by atoms with van der Waals surface area (Å²) in [5.74, 6) is 0. The Bertz CT molecular complexity index is 1240. The molecule has 0 N–H and O–H groups in total. The molecule has 3 atom stereocenters. The molecule has 0 aliphatic heterocycles. The number of hydrogen-bond donors (Lipinski definition) is 0. The van der Waals surface area contributed by atoms with Crippen LogP contribution in [0.4, 0.5) is 0 Å². The first-order chi connectivity index (χ1) is 18.8. The van der Waals surface area contributed by atoms with E-state index < -0.39 is 0 Å². The van der Waals surface area contributed by atoms with Crippen LogP contribution >= 0.6 is 0 Å². The Hall–Kier alpha value is -3.54. The van der Waals surface area contributed by atoms with Crippen molar-refractivity contribution in [2.45, 2.75) is 44.7 Å². The quantitative estimate of drug-likeness (QED) is 0.185. The fourth-order valence-corrected chi connectivity index (χ4v) is 4.60. The normalized spacial score (nSPS) is 18.8. The highest BCUT2D eigenvalue weighted by atomic mass is 16.6. The first-order valence-corrected chi connectivity index (χ1v) is 13.1. The van der Waals surface area contributed by atoms with Crippen molar-refractivity contribution in [2.75, 3.05) is 6.61 Å². The van der Waals surface area contributed by atoms with Crippen molar-refractivity contribution in [3.8, 4) is 0 Å². The molecule has 0 bridgehead atoms. The first-order valence-electron chi connectivity index (χ1n) is 13.1. The lowest BCUT2D eigenvalue weighted by molar-refractivity contribution is -0.117. The minimum atomic E-state index is -0.294. The summed E-state index contributed by atoms with van der Waals surface area (Å²) in [6.45, 7) is 2.45. The van der Waals surface area contributed by atoms with Crippen molar-refractivity contribution in [1.82, 2.24) is 0 Å². The van der Waals surface area contributed by atoms with Gasteiger partial charge < -0.3 is 18.9 Å². The van der Waals surface area contributed by atoms with Crippen LogP contribution in [0.3, 0.4) is 0 Å². The van der Waals surface area contributed by atoms with Crippen LogP contribution in [0.2, 0.25) is 0 Å². The van der Waals surface area contributed by atoms with E-state index in [9.17, 15) is 0 Å². The molecule has 194 valence electrons. The Morgan fingerprint density at radius 2 is 0.842 bits per heavy atom. The van der Waals surface area contributed by atoms with E-state index in [1.54, 1.807) is 0 Å². The fourth-order valence-electron chi connectivity index (χ4n) is 4.60. The molecule has 4 aromatic rings. The molecule has 4 aromatic carbocycles. The lowest BCUT2D eigenvalue weighted by Crippen LogP contribution is -2.38. The molecular formula is C34H34O4. The Kier molecular flexibility index (Phi) is 9.50. The minimum Gasteiger partial charge on any atom is -0.372 e. The molecule has 0 fully saturated rings. The number of benzene rings is 4. The van der Waals surface area contributed by atoms with Gasteiger partial charge in [0.2, 0.25) is 0 Å². The van der Waals surface area contributed by atoms with Crippen molar-refractivity contribution < 1.29 is 18.9 Å². The zero-order chi connectivity index (χ0) is 25.8. The van der Waals surface area contributed by atoms with E-state index in [1.807, 2.05) is 72.8 Å². The Labute approximate surface area is 225 Å². The van der Waals surface area contributed by atoms with Gasteiger partial charge in [-0.1, -0.05) is 121 Å². The van der Waals surface area contributed by atoms with Gasteiger partial charge in [-0.3, -0.25) is 0 Å². The van der Waals surface area contributed by atoms with Crippen molar-refractivity contribution in [2.24, 2.45) is 0 Å². The first kappa shape index (κ1) is 26.1. The summed E-state index contributed by atoms with van der Waals surface area (Å²) in [6, 6.07) is 40.9. The van der Waals surface area contributed by atoms with Crippen LogP contribution in [-0.2, 0) is 45.4 Å². The maximum Gasteiger partial charge on any atom is 0.118 e. The molecule has 4 heteroatoms. The fraction of sp³-hybridized carbons (Fsp3) is 0.235. The molecule has 5 rings (SSSR count). The molecule has 0 amide bonds. The van der Waals surface area contributed by atoms with Crippen LogP contribution in [-0.4, -0.2) is 24.9 Å². The summed E-state index contributed by atoms with van der Waals surface area (Å²) in [4.78, 5) is 0. The third-order valence-corrected chi connectivity index (χ3v) is 6.59. The molecule has 38 heavy (non-hydrogen) atoms. The van der Waals surface area contributed by atoms with Gasteiger partial charge in [-0.15, -0.1) is 0 Å². The minimum absolute atomic E-state index is 0.255. The van der Waals surface area contributed by atoms with Gasteiger partial charge in [-0.25, -0.2) is 0 Å². The van der Waals surface area contributed by atoms with Gasteiger partial charge in [0.05, 0.1) is 33.0 Å². The topological polar surface area (TPSA) is 36.9 Å². The Morgan fingerprint density at radius 1 is 0.421 bits per heavy atom. The van der Waals surface area contributed by atoms with E-state index in [0.29, 0.717) is 33.0 Å². The average molecular weight is 507 g/mol. The van der Waals surface area contributed by atoms with Gasteiger partial charge in [0.15, 0.2) is 0 Å². The molecule has 1 aliphatic carbocycles. The third-order valence-electron chi connectivity index (χ3n) is 6.59. The highest BCUT2D eigenvalue weighted by Gasteiger charge is 2.40. The molecule has 1 aliphatic rings. The molecule has 0 radical (unpaired) electrons. The predicted octanol–water partition coefficient (Wildman–Crippen LogP) is 6.90. The van der Waals surface area contributed by atoms with Gasteiger partial charge in [0.1, 0.15) is 18.3 Å². The van der Waals surface area contributed by atoms with E-state index >= 15 is 0 Å². The van der Waals surface area contributed by atoms with Gasteiger partial charge in [-0.2, -0.15) is 0 Å². The molecule has 0 saturated heterocycles. The highest BCUT2D eigenvalue weighted by molar-refractivity contribution is 5.26. The number of rotatable bonds is 13. The van der Waals surface area contributed by atoms with Crippen molar-refractivity contribution in [1.29, 1.82) is 0 Å². The largest absolute Gasteiger partial charge is 0.372 e. The zero-order valence-corrected chi connectivity index (χ0v) is 21.5. The molecule has 0 spiro atoms. The average Bonchev–Trinajstić information content (AvgIpc) is 3.32. The van der Waals surface area contributed by atoms with Crippen molar-refractivity contribution in [3.05, 3.63) is 155 Å². The molecule has 0 saturated carbocycles. The van der Waals surface area contributed by atoms with E-state index in [1.165, 1.54) is 0 Å². The second kappa shape index (κ2) is 13.8. The van der Waals surface area contributed by atoms with Gasteiger partial charge in [0, 0.05) is 0 Å². The summed E-state index contributed by atoms with van der Waals surface area (Å²) in [6.07, 6.45) is 1.31. The number of ether oxygens (including phenoxy) is 4. The second-order valence-corrected chi connectivity index (χ2v) is 9.46. The van der Waals surface area contributed by atoms with Crippen LogP contribution in [0.15, 0.2) is 133 Å². The Morgan fingerprint density at radius 3 is 1.34 bits per heavy atom. The monoisotopic (exact) mass is 506 g/mol. The molecule has 0 unspecified atom stereocenters. The zero-order valence-electron chi connectivity index (χ0n) is 21.5. The standard InChI is InChI=1S/C34H34O4/c1-5-13-27(14-6-1)22-35-26-31-21-32(36-23-28-15-7-2-8-16-28)34(38-25-30-19-11-4-12-20-30)33(31)37-24-29-17-9-3-10-18-29/h1-21,32-34H,22-26H2/t32-,33+,34+/m0/s1. The SMILES string of the molecule is C1=C(COCc2ccccc2)[C@@H](OCc2ccccc2)[C@H](OCc2ccccc2)[C@H]1OCc1ccccc1. The van der Waals surface area contributed by atoms with Crippen LogP contribution in [0, 0.1) is 0 Å². The van der Waals surface area contributed by atoms with E-state index in [4.69, 9.17) is 18.9 Å². The van der Waals surface area contributed by atoms with Gasteiger partial charge in [-0.05, 0) is 33.9 Å². The van der Waals surface area contributed by atoms with Crippen molar-refractivity contribution in [3.63, 3.8) is 0 Å². The molecule has 4 nitrogen and oxygen atoms in total. The molecular weight excluding hydrogens is 472 g/mol. The Balaban J connectivity index is 1.33. The smallest absolute Gasteiger partial charge is 0.118 e. The van der Waals surface area contributed by atoms with E-state index in [0.717, 1.165) is 27.8 Å². The lowest BCUT2D eigenvalue weighted by atomic mass is 10.1. The predicted molar refractivity (Wildman–Crippen MR) is 149 cm³/mol. The van der Waals surface area contributed by atoms with Crippen LogP contribution in [0.25, 0.3) is 0 Å². The highest BCUT2D eigenvalue weighted by Crippen LogP contribution is 2.31. The number of hydrogen-bond acceptors (Lipinski definition) is 4. The third kappa shape index (κ3) is 7.50. The summed E-state index contributed by atoms with van der Waals surface area (Å²) in [7, 11) is 0. The van der Waals surface area contributed by atoms with Crippen molar-refractivity contribution >= 4 is 0 Å². The van der Waals surface area contributed by atoms with Crippen LogP contribution in [0.5, 0.6) is 0 Å². The van der Waals surface area contributed by atoms with Crippen LogP contribution < -0.4 is 0 Å². The van der Waals surface area contributed by atoms with Crippen LogP contribution in [0.1, 0.15) is 22.3 Å². The second-order valence-electron chi connectivity index (χ2n) is 9.46. The van der Waals surface area contributed by atoms with E-state index in [-0.39, 0.29) is 18.3 Å². The molecule has 0 heterocycles. The van der Waals surface area contributed by atoms with E-state index in [2.05, 4.69) is 54.6 Å². The molecule has 0 aromatic heterocycles. The summed E-state index contributed by atoms with van der Waals surface area (Å²) < 4.78 is 25.6. The summed E-state index contributed by atoms with van der Waals surface area (Å²) in [5.41, 5.74) is 5.55. The summed E-state index contributed by atoms with van der Waals surface area (Å²) in [5, 5.41) is 0. The maximum absolute atomic E-state index is 6.53. The summed E-state index contributed by atoms with van der Waals surface area (Å²) >= 11 is 0. The van der Waals surface area contributed by atoms with Gasteiger partial charge >= 0.3 is 0 Å². The lowest BCUT2D eigenvalue weighted by Gasteiger charge is -2.27.